The fraction of sp³-hybridized carbons (Fsp3) is 0.517. The number of aromatic nitrogens is 1. The van der Waals surface area contributed by atoms with Gasteiger partial charge in [-0.05, 0) is 74.4 Å². The number of likely N-dealkylation sites (tertiary alicyclic amines) is 1. The van der Waals surface area contributed by atoms with Crippen LogP contribution in [-0.2, 0) is 14.4 Å². The van der Waals surface area contributed by atoms with Gasteiger partial charge >= 0.3 is 11.7 Å². The van der Waals surface area contributed by atoms with E-state index in [1.54, 1.807) is 11.0 Å². The maximum atomic E-state index is 13.8. The molecule has 3 heterocycles. The van der Waals surface area contributed by atoms with Crippen LogP contribution in [-0.4, -0.2) is 63.8 Å². The number of benzene rings is 1. The number of halogens is 1. The quantitative estimate of drug-likeness (QED) is 0.309. The van der Waals surface area contributed by atoms with E-state index in [1.165, 1.54) is 18.5 Å². The molecule has 0 saturated carbocycles. The summed E-state index contributed by atoms with van der Waals surface area (Å²) in [6, 6.07) is 5.13. The Kier molecular flexibility index (Phi) is 9.92. The molecular formula is C29H35FN4O6. The summed E-state index contributed by atoms with van der Waals surface area (Å²) in [5, 5.41) is 24.1. The summed E-state index contributed by atoms with van der Waals surface area (Å²) in [4.78, 5) is 54.3. The molecule has 1 aromatic heterocycles. The fourth-order valence-electron chi connectivity index (χ4n) is 5.72. The molecular weight excluding hydrogens is 519 g/mol. The lowest BCUT2D eigenvalue weighted by Gasteiger charge is -2.33. The molecule has 4 rings (SSSR count). The molecule has 0 radical (unpaired) electrons. The van der Waals surface area contributed by atoms with Crippen LogP contribution in [0.25, 0.3) is 11.1 Å². The van der Waals surface area contributed by atoms with Crippen LogP contribution < -0.4 is 5.32 Å². The number of hydrogen-bond acceptors (Lipinski definition) is 7. The number of pyridine rings is 1. The van der Waals surface area contributed by atoms with Crippen LogP contribution in [0.1, 0.15) is 62.8 Å². The number of carbonyl (C=O) groups excluding carboxylic acids is 2. The zero-order chi connectivity index (χ0) is 28.6. The second kappa shape index (κ2) is 13.6. The van der Waals surface area contributed by atoms with Crippen molar-refractivity contribution in [2.24, 2.45) is 11.8 Å². The molecule has 0 bridgehead atoms. The van der Waals surface area contributed by atoms with Gasteiger partial charge in [0.25, 0.3) is 0 Å². The number of nitrogens with zero attached hydrogens (tertiary/aromatic N) is 3. The monoisotopic (exact) mass is 554 g/mol. The highest BCUT2D eigenvalue weighted by Crippen LogP contribution is 2.32. The normalized spacial score (nSPS) is 18.7. The van der Waals surface area contributed by atoms with Crippen LogP contribution in [0.5, 0.6) is 0 Å². The average Bonchev–Trinajstić information content (AvgIpc) is 2.96. The summed E-state index contributed by atoms with van der Waals surface area (Å²) < 4.78 is 13.8. The summed E-state index contributed by atoms with van der Waals surface area (Å²) in [5.74, 6) is -2.52. The first-order chi connectivity index (χ1) is 19.2. The van der Waals surface area contributed by atoms with Crippen LogP contribution in [0.4, 0.5) is 10.1 Å². The van der Waals surface area contributed by atoms with Gasteiger partial charge in [0, 0.05) is 61.8 Å². The molecule has 2 saturated heterocycles. The van der Waals surface area contributed by atoms with E-state index in [2.05, 4.69) is 10.3 Å². The second-order valence-electron chi connectivity index (χ2n) is 10.8. The topological polar surface area (TPSA) is 143 Å². The van der Waals surface area contributed by atoms with Crippen molar-refractivity contribution in [2.45, 2.75) is 57.3 Å². The van der Waals surface area contributed by atoms with Gasteiger partial charge in [0.15, 0.2) is 0 Å². The first kappa shape index (κ1) is 29.3. The van der Waals surface area contributed by atoms with E-state index in [4.69, 9.17) is 0 Å². The number of carboxylic acid groups (broad SMARTS) is 1. The summed E-state index contributed by atoms with van der Waals surface area (Å²) in [5.41, 5.74) is 0.638. The Morgan fingerprint density at radius 1 is 1.12 bits per heavy atom. The molecule has 2 atom stereocenters. The first-order valence-electron chi connectivity index (χ1n) is 13.8. The minimum atomic E-state index is -1.07. The predicted octanol–water partition coefficient (Wildman–Crippen LogP) is 4.33. The van der Waals surface area contributed by atoms with Crippen molar-refractivity contribution >= 4 is 23.3 Å². The first-order valence-corrected chi connectivity index (χ1v) is 13.8. The number of rotatable bonds is 11. The van der Waals surface area contributed by atoms with E-state index in [-0.39, 0.29) is 30.4 Å². The zero-order valence-corrected chi connectivity index (χ0v) is 22.4. The Balaban J connectivity index is 1.43. The Bertz CT molecular complexity index is 1250. The average molecular weight is 555 g/mol. The van der Waals surface area contributed by atoms with Crippen LogP contribution >= 0.6 is 0 Å². The van der Waals surface area contributed by atoms with Gasteiger partial charge in [0.2, 0.25) is 11.7 Å². The molecule has 2 aromatic rings. The smallest absolute Gasteiger partial charge is 0.305 e. The molecule has 2 aliphatic heterocycles. The predicted molar refractivity (Wildman–Crippen MR) is 145 cm³/mol. The summed E-state index contributed by atoms with van der Waals surface area (Å²) in [7, 11) is 0. The van der Waals surface area contributed by atoms with Crippen LogP contribution in [0.2, 0.25) is 0 Å². The van der Waals surface area contributed by atoms with Gasteiger partial charge in [-0.1, -0.05) is 6.07 Å². The van der Waals surface area contributed by atoms with Gasteiger partial charge in [-0.15, -0.1) is 0 Å². The second-order valence-corrected chi connectivity index (χ2v) is 10.8. The molecule has 2 aliphatic rings. The van der Waals surface area contributed by atoms with E-state index in [0.29, 0.717) is 48.5 Å². The number of ketones is 1. The Morgan fingerprint density at radius 3 is 2.62 bits per heavy atom. The third kappa shape index (κ3) is 7.68. The van der Waals surface area contributed by atoms with Crippen molar-refractivity contribution in [3.8, 4) is 11.1 Å². The van der Waals surface area contributed by atoms with Gasteiger partial charge < -0.3 is 15.3 Å². The number of nitro groups is 1. The molecule has 2 N–H and O–H groups in total. The van der Waals surface area contributed by atoms with E-state index >= 15 is 0 Å². The van der Waals surface area contributed by atoms with E-state index in [1.807, 2.05) is 0 Å². The van der Waals surface area contributed by atoms with E-state index < -0.39 is 28.3 Å². The molecule has 0 unspecified atom stereocenters. The van der Waals surface area contributed by atoms with Crippen molar-refractivity contribution in [3.05, 3.63) is 58.2 Å². The van der Waals surface area contributed by atoms with Crippen molar-refractivity contribution in [1.29, 1.82) is 0 Å². The number of hydrogen-bond donors (Lipinski definition) is 2. The molecule has 11 heteroatoms. The van der Waals surface area contributed by atoms with Crippen molar-refractivity contribution < 1.29 is 28.8 Å². The summed E-state index contributed by atoms with van der Waals surface area (Å²) in [6.07, 6.45) is 7.47. The van der Waals surface area contributed by atoms with Gasteiger partial charge in [-0.3, -0.25) is 29.5 Å². The van der Waals surface area contributed by atoms with Crippen molar-refractivity contribution in [3.63, 3.8) is 0 Å². The third-order valence-electron chi connectivity index (χ3n) is 8.03. The Labute approximate surface area is 232 Å². The van der Waals surface area contributed by atoms with E-state index in [0.717, 1.165) is 50.9 Å². The molecule has 0 spiro atoms. The maximum Gasteiger partial charge on any atom is 0.305 e. The molecule has 214 valence electrons. The standard InChI is InChI=1S/C29H35FN4O6/c30-25-5-4-20(13-26(25)34(39)40)23-12-24(17-32-16-23)22(15-29(37)38)14-27(35)21-2-1-11-33(18-21)28(36)6-3-19-7-9-31-10-8-19/h4-5,12-13,16-17,19,21-22,31H,1-3,6-11,14-15,18H2,(H,37,38)/t21-,22+/m1/s1. The summed E-state index contributed by atoms with van der Waals surface area (Å²) in [6.45, 7) is 2.95. The lowest BCUT2D eigenvalue weighted by Crippen LogP contribution is -2.42. The number of nitro benzene ring substituents is 1. The van der Waals surface area contributed by atoms with Gasteiger partial charge in [-0.2, -0.15) is 4.39 Å². The van der Waals surface area contributed by atoms with Crippen LogP contribution in [0, 0.1) is 27.8 Å². The highest BCUT2D eigenvalue weighted by Gasteiger charge is 2.31. The molecule has 40 heavy (non-hydrogen) atoms. The number of carboxylic acids is 1. The SMILES string of the molecule is O=C(O)C[C@H](CC(=O)[C@@H]1CCCN(C(=O)CCC2CCNCC2)C1)c1cncc(-c2ccc(F)c([N+](=O)[O-])c2)c1. The number of carbonyl (C=O) groups is 3. The van der Waals surface area contributed by atoms with E-state index in [9.17, 15) is 34.0 Å². The van der Waals surface area contributed by atoms with Crippen LogP contribution in [0.15, 0.2) is 36.7 Å². The highest BCUT2D eigenvalue weighted by molar-refractivity contribution is 5.84. The number of amides is 1. The molecule has 1 amide bonds. The lowest BCUT2D eigenvalue weighted by atomic mass is 9.84. The van der Waals surface area contributed by atoms with Crippen molar-refractivity contribution in [2.75, 3.05) is 26.2 Å². The Morgan fingerprint density at radius 2 is 1.90 bits per heavy atom. The zero-order valence-electron chi connectivity index (χ0n) is 22.4. The van der Waals surface area contributed by atoms with Gasteiger partial charge in [0.1, 0.15) is 5.78 Å². The molecule has 1 aromatic carbocycles. The maximum absolute atomic E-state index is 13.8. The number of Topliss-reactive ketones (excluding diaryl/α,β-unsaturated/α-hetero) is 1. The largest absolute Gasteiger partial charge is 0.481 e. The highest BCUT2D eigenvalue weighted by atomic mass is 19.1. The number of piperidine rings is 2. The molecule has 0 aliphatic carbocycles. The minimum absolute atomic E-state index is 0.0250. The lowest BCUT2D eigenvalue weighted by molar-refractivity contribution is -0.387. The minimum Gasteiger partial charge on any atom is -0.481 e. The third-order valence-corrected chi connectivity index (χ3v) is 8.03. The molecule has 10 nitrogen and oxygen atoms in total. The number of nitrogens with one attached hydrogen (secondary N) is 1. The van der Waals surface area contributed by atoms with Crippen molar-refractivity contribution in [1.82, 2.24) is 15.2 Å². The summed E-state index contributed by atoms with van der Waals surface area (Å²) >= 11 is 0. The molecule has 2 fully saturated rings. The Hall–Kier alpha value is -3.73. The fourth-order valence-corrected chi connectivity index (χ4v) is 5.72. The van der Waals surface area contributed by atoms with Crippen LogP contribution in [0.3, 0.4) is 0 Å². The number of aliphatic carboxylic acids is 1. The van der Waals surface area contributed by atoms with Gasteiger partial charge in [0.05, 0.1) is 11.3 Å². The van der Waals surface area contributed by atoms with Gasteiger partial charge in [-0.25, -0.2) is 0 Å².